The topological polar surface area (TPSA) is 106 Å². The largest absolute Gasteiger partial charge is 0.482 e. The van der Waals surface area contributed by atoms with Crippen molar-refractivity contribution in [3.63, 3.8) is 0 Å². The minimum Gasteiger partial charge on any atom is -0.482 e. The zero-order valence-electron chi connectivity index (χ0n) is 14.6. The lowest BCUT2D eigenvalue weighted by Gasteiger charge is -2.33. The highest BCUT2D eigenvalue weighted by Gasteiger charge is 2.32. The summed E-state index contributed by atoms with van der Waals surface area (Å²) in [7, 11) is 0. The van der Waals surface area contributed by atoms with Gasteiger partial charge in [0.1, 0.15) is 5.75 Å². The summed E-state index contributed by atoms with van der Waals surface area (Å²) in [5.41, 5.74) is 0.444. The molecule has 2 heterocycles. The molecule has 1 N–H and O–H groups in total. The number of piperidine rings is 1. The van der Waals surface area contributed by atoms with Crippen LogP contribution in [-0.2, 0) is 11.2 Å². The maximum atomic E-state index is 13.0. The summed E-state index contributed by atoms with van der Waals surface area (Å²) >= 11 is 0. The normalized spacial score (nSPS) is 17.1. The molecule has 138 valence electrons. The number of aryl methyl sites for hydroxylation is 1. The van der Waals surface area contributed by atoms with Crippen molar-refractivity contribution < 1.29 is 24.0 Å². The average Bonchev–Trinajstić information content (AvgIpc) is 3.15. The van der Waals surface area contributed by atoms with Crippen LogP contribution in [0.3, 0.4) is 0 Å². The second-order valence-electron chi connectivity index (χ2n) is 6.12. The molecule has 3 rings (SSSR count). The molecule has 1 aromatic carbocycles. The van der Waals surface area contributed by atoms with E-state index in [9.17, 15) is 9.59 Å². The lowest BCUT2D eigenvalue weighted by atomic mass is 10.00. The van der Waals surface area contributed by atoms with Crippen LogP contribution < -0.4 is 4.74 Å². The first-order valence-corrected chi connectivity index (χ1v) is 8.66. The van der Waals surface area contributed by atoms with Gasteiger partial charge in [-0.25, -0.2) is 4.79 Å². The zero-order valence-corrected chi connectivity index (χ0v) is 14.6. The summed E-state index contributed by atoms with van der Waals surface area (Å²) < 4.78 is 10.4. The molecule has 0 aliphatic carbocycles. The number of aromatic nitrogens is 2. The van der Waals surface area contributed by atoms with Crippen LogP contribution in [-0.4, -0.2) is 45.2 Å². The number of carboxylic acid groups (broad SMARTS) is 1. The summed E-state index contributed by atoms with van der Waals surface area (Å²) in [4.78, 5) is 29.8. The summed E-state index contributed by atoms with van der Waals surface area (Å²) in [6.45, 7) is 2.09. The first-order valence-electron chi connectivity index (χ1n) is 8.66. The summed E-state index contributed by atoms with van der Waals surface area (Å²) in [6.07, 6.45) is 3.34. The number of carboxylic acids is 1. The summed E-state index contributed by atoms with van der Waals surface area (Å²) in [5.74, 6) is 0.217. The fraction of sp³-hybridized carbons (Fsp3) is 0.444. The quantitative estimate of drug-likeness (QED) is 0.844. The molecule has 26 heavy (non-hydrogen) atoms. The Bertz CT molecular complexity index is 789. The van der Waals surface area contributed by atoms with Crippen molar-refractivity contribution in [3.05, 3.63) is 41.5 Å². The Morgan fingerprint density at radius 1 is 1.38 bits per heavy atom. The van der Waals surface area contributed by atoms with Crippen molar-refractivity contribution in [1.82, 2.24) is 15.0 Å². The average molecular weight is 359 g/mol. The van der Waals surface area contributed by atoms with Gasteiger partial charge < -0.3 is 19.3 Å². The van der Waals surface area contributed by atoms with E-state index < -0.39 is 12.6 Å². The molecule has 1 aromatic heterocycles. The molecular formula is C18H21N3O5. The molecule has 0 saturated carbocycles. The van der Waals surface area contributed by atoms with E-state index in [1.165, 1.54) is 0 Å². The number of hydrogen-bond donors (Lipinski definition) is 1. The van der Waals surface area contributed by atoms with Crippen LogP contribution in [0, 0.1) is 0 Å². The second-order valence-corrected chi connectivity index (χ2v) is 6.12. The van der Waals surface area contributed by atoms with Crippen molar-refractivity contribution in [1.29, 1.82) is 0 Å². The number of nitrogens with zero attached hydrogens (tertiary/aromatic N) is 3. The first-order chi connectivity index (χ1) is 12.6. The Kier molecular flexibility index (Phi) is 5.50. The SMILES string of the molecule is CCc1nc(C2CCCCN2C(=O)c2cccc(OCC(=O)O)c2)no1. The molecule has 8 nitrogen and oxygen atoms in total. The number of benzene rings is 1. The highest BCUT2D eigenvalue weighted by molar-refractivity contribution is 5.95. The Hall–Kier alpha value is -2.90. The van der Waals surface area contributed by atoms with Gasteiger partial charge in [-0.05, 0) is 37.5 Å². The van der Waals surface area contributed by atoms with E-state index in [2.05, 4.69) is 10.1 Å². The molecule has 0 spiro atoms. The van der Waals surface area contributed by atoms with Gasteiger partial charge in [-0.1, -0.05) is 18.1 Å². The smallest absolute Gasteiger partial charge is 0.341 e. The third-order valence-corrected chi connectivity index (χ3v) is 4.29. The highest BCUT2D eigenvalue weighted by atomic mass is 16.5. The van der Waals surface area contributed by atoms with E-state index in [0.29, 0.717) is 36.0 Å². The predicted molar refractivity (Wildman–Crippen MR) is 90.9 cm³/mol. The number of amides is 1. The molecule has 0 bridgehead atoms. The molecule has 1 amide bonds. The van der Waals surface area contributed by atoms with Gasteiger partial charge in [-0.15, -0.1) is 0 Å². The fourth-order valence-corrected chi connectivity index (χ4v) is 3.02. The molecule has 1 atom stereocenters. The van der Waals surface area contributed by atoms with Gasteiger partial charge in [-0.2, -0.15) is 4.98 Å². The Balaban J connectivity index is 1.80. The van der Waals surface area contributed by atoms with Gasteiger partial charge in [0, 0.05) is 18.5 Å². The van der Waals surface area contributed by atoms with Crippen molar-refractivity contribution in [2.24, 2.45) is 0 Å². The Morgan fingerprint density at radius 2 is 2.23 bits per heavy atom. The minimum absolute atomic E-state index is 0.154. The van der Waals surface area contributed by atoms with Crippen LogP contribution in [0.1, 0.15) is 54.3 Å². The van der Waals surface area contributed by atoms with Crippen LogP contribution in [0.2, 0.25) is 0 Å². The number of rotatable bonds is 6. The maximum absolute atomic E-state index is 13.0. The molecular weight excluding hydrogens is 338 g/mol. The molecule has 1 saturated heterocycles. The van der Waals surface area contributed by atoms with Gasteiger partial charge in [-0.3, -0.25) is 4.79 Å². The number of hydrogen-bond acceptors (Lipinski definition) is 6. The number of ether oxygens (including phenoxy) is 1. The van der Waals surface area contributed by atoms with Gasteiger partial charge in [0.2, 0.25) is 5.89 Å². The standard InChI is InChI=1S/C18H21N3O5/c1-2-15-19-17(20-26-15)14-8-3-4-9-21(14)18(24)12-6-5-7-13(10-12)25-11-16(22)23/h5-7,10,14H,2-4,8-9,11H2,1H3,(H,22,23). The number of likely N-dealkylation sites (tertiary alicyclic amines) is 1. The lowest BCUT2D eigenvalue weighted by Crippen LogP contribution is -2.39. The molecule has 1 aliphatic rings. The van der Waals surface area contributed by atoms with Crippen LogP contribution >= 0.6 is 0 Å². The highest BCUT2D eigenvalue weighted by Crippen LogP contribution is 2.31. The van der Waals surface area contributed by atoms with Crippen molar-refractivity contribution in [2.75, 3.05) is 13.2 Å². The Morgan fingerprint density at radius 3 is 2.96 bits per heavy atom. The number of carbonyl (C=O) groups is 2. The van der Waals surface area contributed by atoms with Crippen LogP contribution in [0.4, 0.5) is 0 Å². The molecule has 1 fully saturated rings. The second kappa shape index (κ2) is 7.99. The van der Waals surface area contributed by atoms with Gasteiger partial charge in [0.15, 0.2) is 12.4 Å². The summed E-state index contributed by atoms with van der Waals surface area (Å²) in [5, 5.41) is 12.8. The van der Waals surface area contributed by atoms with Crippen molar-refractivity contribution in [3.8, 4) is 5.75 Å². The van der Waals surface area contributed by atoms with Crippen LogP contribution in [0.5, 0.6) is 5.75 Å². The number of aliphatic carboxylic acids is 1. The van der Waals surface area contributed by atoms with Gasteiger partial charge >= 0.3 is 5.97 Å². The molecule has 0 radical (unpaired) electrons. The zero-order chi connectivity index (χ0) is 18.5. The van der Waals surface area contributed by atoms with Crippen LogP contribution in [0.25, 0.3) is 0 Å². The monoisotopic (exact) mass is 359 g/mol. The molecule has 8 heteroatoms. The van der Waals surface area contributed by atoms with Gasteiger partial charge in [0.05, 0.1) is 6.04 Å². The van der Waals surface area contributed by atoms with Crippen LogP contribution in [0.15, 0.2) is 28.8 Å². The maximum Gasteiger partial charge on any atom is 0.341 e. The molecule has 1 unspecified atom stereocenters. The third-order valence-electron chi connectivity index (χ3n) is 4.29. The van der Waals surface area contributed by atoms with Gasteiger partial charge in [0.25, 0.3) is 5.91 Å². The minimum atomic E-state index is -1.07. The van der Waals surface area contributed by atoms with E-state index in [0.717, 1.165) is 19.3 Å². The first kappa shape index (κ1) is 17.9. The predicted octanol–water partition coefficient (Wildman–Crippen LogP) is 2.46. The Labute approximate surface area is 150 Å². The summed E-state index contributed by atoms with van der Waals surface area (Å²) in [6, 6.07) is 6.33. The molecule has 1 aliphatic heterocycles. The van der Waals surface area contributed by atoms with E-state index in [4.69, 9.17) is 14.4 Å². The van der Waals surface area contributed by atoms with E-state index in [1.54, 1.807) is 29.2 Å². The fourth-order valence-electron chi connectivity index (χ4n) is 3.02. The van der Waals surface area contributed by atoms with E-state index >= 15 is 0 Å². The third kappa shape index (κ3) is 4.01. The van der Waals surface area contributed by atoms with E-state index in [-0.39, 0.29) is 11.9 Å². The molecule has 2 aromatic rings. The van der Waals surface area contributed by atoms with Crippen molar-refractivity contribution >= 4 is 11.9 Å². The lowest BCUT2D eigenvalue weighted by molar-refractivity contribution is -0.139. The number of carbonyl (C=O) groups excluding carboxylic acids is 1. The van der Waals surface area contributed by atoms with Crippen molar-refractivity contribution in [2.45, 2.75) is 38.6 Å². The van der Waals surface area contributed by atoms with E-state index in [1.807, 2.05) is 6.92 Å².